The lowest BCUT2D eigenvalue weighted by Crippen LogP contribution is -2.47. The molecule has 2 N–H and O–H groups in total. The standard InChI is InChI=1S/C15H22N4O2S/c1-3-16-14-18-10(2)11(22-14)12(20)19-8-6-15(9-19)5-4-7-17-13(15)21/h3-9H2,1-2H3,(H,16,18)(H,17,21). The SMILES string of the molecule is CCNc1nc(C)c(C(=O)N2CCC3(CCCNC3=O)C2)s1. The van der Waals surface area contributed by atoms with Gasteiger partial charge < -0.3 is 15.5 Å². The van der Waals surface area contributed by atoms with Crippen molar-refractivity contribution in [2.24, 2.45) is 5.41 Å². The van der Waals surface area contributed by atoms with Gasteiger partial charge in [0, 0.05) is 26.2 Å². The molecule has 2 aliphatic rings. The van der Waals surface area contributed by atoms with Crippen molar-refractivity contribution in [2.45, 2.75) is 33.1 Å². The number of carbonyl (C=O) groups is 2. The average Bonchev–Trinajstić information content (AvgIpc) is 3.07. The summed E-state index contributed by atoms with van der Waals surface area (Å²) in [7, 11) is 0. The minimum Gasteiger partial charge on any atom is -0.362 e. The Hall–Kier alpha value is -1.63. The lowest BCUT2D eigenvalue weighted by Gasteiger charge is -2.32. The zero-order chi connectivity index (χ0) is 15.7. The van der Waals surface area contributed by atoms with Gasteiger partial charge in [-0.05, 0) is 33.1 Å². The van der Waals surface area contributed by atoms with Gasteiger partial charge in [-0.3, -0.25) is 9.59 Å². The Bertz CT molecular complexity index is 600. The van der Waals surface area contributed by atoms with Crippen molar-refractivity contribution >= 4 is 28.3 Å². The molecular formula is C15H22N4O2S. The smallest absolute Gasteiger partial charge is 0.265 e. The van der Waals surface area contributed by atoms with E-state index in [0.717, 1.165) is 43.2 Å². The Balaban J connectivity index is 1.75. The molecule has 1 aromatic rings. The molecule has 22 heavy (non-hydrogen) atoms. The van der Waals surface area contributed by atoms with Crippen LogP contribution in [0.2, 0.25) is 0 Å². The number of anilines is 1. The first-order valence-electron chi connectivity index (χ1n) is 7.84. The first-order chi connectivity index (χ1) is 10.6. The summed E-state index contributed by atoms with van der Waals surface area (Å²) in [6, 6.07) is 0. The van der Waals surface area contributed by atoms with Gasteiger partial charge >= 0.3 is 0 Å². The number of carbonyl (C=O) groups excluding carboxylic acids is 2. The van der Waals surface area contributed by atoms with E-state index in [1.807, 2.05) is 18.7 Å². The van der Waals surface area contributed by atoms with Gasteiger partial charge in [0.15, 0.2) is 5.13 Å². The maximum absolute atomic E-state index is 12.8. The Morgan fingerprint density at radius 1 is 1.50 bits per heavy atom. The van der Waals surface area contributed by atoms with Gasteiger partial charge in [-0.25, -0.2) is 4.98 Å². The summed E-state index contributed by atoms with van der Waals surface area (Å²) in [6.45, 7) is 6.60. The highest BCUT2D eigenvalue weighted by Crippen LogP contribution is 2.38. The second kappa shape index (κ2) is 5.87. The summed E-state index contributed by atoms with van der Waals surface area (Å²) >= 11 is 1.40. The maximum Gasteiger partial charge on any atom is 0.265 e. The fourth-order valence-corrected chi connectivity index (χ4v) is 4.33. The Morgan fingerprint density at radius 2 is 2.32 bits per heavy atom. The quantitative estimate of drug-likeness (QED) is 0.887. The highest BCUT2D eigenvalue weighted by Gasteiger charge is 2.47. The Labute approximate surface area is 134 Å². The van der Waals surface area contributed by atoms with Crippen LogP contribution < -0.4 is 10.6 Å². The first-order valence-corrected chi connectivity index (χ1v) is 8.66. The Morgan fingerprint density at radius 3 is 3.05 bits per heavy atom. The van der Waals surface area contributed by atoms with Crippen LogP contribution in [0.3, 0.4) is 0 Å². The van der Waals surface area contributed by atoms with Crippen molar-refractivity contribution in [1.82, 2.24) is 15.2 Å². The summed E-state index contributed by atoms with van der Waals surface area (Å²) in [5, 5.41) is 6.89. The number of rotatable bonds is 3. The number of piperidine rings is 1. The normalized spacial score (nSPS) is 24.6. The topological polar surface area (TPSA) is 74.3 Å². The second-order valence-electron chi connectivity index (χ2n) is 6.08. The van der Waals surface area contributed by atoms with E-state index in [4.69, 9.17) is 0 Å². The number of aryl methyl sites for hydroxylation is 1. The van der Waals surface area contributed by atoms with Crippen LogP contribution in [0, 0.1) is 12.3 Å². The summed E-state index contributed by atoms with van der Waals surface area (Å²) in [6.07, 6.45) is 2.65. The van der Waals surface area contributed by atoms with Crippen LogP contribution in [0.4, 0.5) is 5.13 Å². The average molecular weight is 322 g/mol. The molecule has 2 fully saturated rings. The van der Waals surface area contributed by atoms with Crippen LogP contribution in [0.5, 0.6) is 0 Å². The monoisotopic (exact) mass is 322 g/mol. The van der Waals surface area contributed by atoms with Crippen molar-refractivity contribution in [3.63, 3.8) is 0 Å². The molecule has 2 aliphatic heterocycles. The summed E-state index contributed by atoms with van der Waals surface area (Å²) in [4.78, 5) is 31.9. The third-order valence-electron chi connectivity index (χ3n) is 4.56. The van der Waals surface area contributed by atoms with Crippen LogP contribution in [-0.4, -0.2) is 47.9 Å². The lowest BCUT2D eigenvalue weighted by molar-refractivity contribution is -0.132. The summed E-state index contributed by atoms with van der Waals surface area (Å²) in [5.41, 5.74) is 0.400. The van der Waals surface area contributed by atoms with Crippen LogP contribution in [0.1, 0.15) is 41.6 Å². The van der Waals surface area contributed by atoms with Crippen molar-refractivity contribution in [3.8, 4) is 0 Å². The highest BCUT2D eigenvalue weighted by atomic mass is 32.1. The van der Waals surface area contributed by atoms with Gasteiger partial charge in [0.25, 0.3) is 5.91 Å². The number of likely N-dealkylation sites (tertiary alicyclic amines) is 1. The molecule has 2 amide bonds. The predicted molar refractivity (Wildman–Crippen MR) is 86.2 cm³/mol. The molecule has 2 saturated heterocycles. The van der Waals surface area contributed by atoms with E-state index in [1.54, 1.807) is 0 Å². The number of hydrogen-bond acceptors (Lipinski definition) is 5. The molecule has 120 valence electrons. The zero-order valence-electron chi connectivity index (χ0n) is 13.1. The van der Waals surface area contributed by atoms with Crippen molar-refractivity contribution in [3.05, 3.63) is 10.6 Å². The van der Waals surface area contributed by atoms with Gasteiger partial charge in [-0.2, -0.15) is 0 Å². The lowest BCUT2D eigenvalue weighted by atomic mass is 9.79. The second-order valence-corrected chi connectivity index (χ2v) is 7.08. The molecule has 0 radical (unpaired) electrons. The van der Waals surface area contributed by atoms with Crippen molar-refractivity contribution in [2.75, 3.05) is 31.5 Å². The maximum atomic E-state index is 12.8. The van der Waals surface area contributed by atoms with Crippen LogP contribution in [0.15, 0.2) is 0 Å². The van der Waals surface area contributed by atoms with Gasteiger partial charge in [-0.15, -0.1) is 0 Å². The zero-order valence-corrected chi connectivity index (χ0v) is 13.9. The van der Waals surface area contributed by atoms with E-state index in [1.165, 1.54) is 11.3 Å². The largest absolute Gasteiger partial charge is 0.362 e. The third kappa shape index (κ3) is 2.58. The van der Waals surface area contributed by atoms with E-state index in [0.29, 0.717) is 18.0 Å². The third-order valence-corrected chi connectivity index (χ3v) is 5.66. The van der Waals surface area contributed by atoms with Crippen LogP contribution in [-0.2, 0) is 4.79 Å². The molecule has 6 nitrogen and oxygen atoms in total. The van der Waals surface area contributed by atoms with E-state index in [2.05, 4.69) is 15.6 Å². The van der Waals surface area contributed by atoms with Crippen molar-refractivity contribution < 1.29 is 9.59 Å². The number of thiazole rings is 1. The molecule has 1 aromatic heterocycles. The van der Waals surface area contributed by atoms with Gasteiger partial charge in [-0.1, -0.05) is 11.3 Å². The molecule has 0 saturated carbocycles. The molecule has 1 atom stereocenters. The van der Waals surface area contributed by atoms with Crippen LogP contribution >= 0.6 is 11.3 Å². The molecule has 0 bridgehead atoms. The fraction of sp³-hybridized carbons (Fsp3) is 0.667. The number of aromatic nitrogens is 1. The predicted octanol–water partition coefficient (Wildman–Crippen LogP) is 1.63. The summed E-state index contributed by atoms with van der Waals surface area (Å²) in [5.74, 6) is 0.123. The highest BCUT2D eigenvalue weighted by molar-refractivity contribution is 7.17. The molecule has 0 aromatic carbocycles. The number of amides is 2. The number of nitrogens with one attached hydrogen (secondary N) is 2. The molecule has 0 aliphatic carbocycles. The van der Waals surface area contributed by atoms with Crippen molar-refractivity contribution in [1.29, 1.82) is 0 Å². The molecule has 7 heteroatoms. The van der Waals surface area contributed by atoms with E-state index < -0.39 is 0 Å². The van der Waals surface area contributed by atoms with Gasteiger partial charge in [0.1, 0.15) is 4.88 Å². The molecular weight excluding hydrogens is 300 g/mol. The summed E-state index contributed by atoms with van der Waals surface area (Å²) < 4.78 is 0. The fourth-order valence-electron chi connectivity index (χ4n) is 3.33. The molecule has 3 rings (SSSR count). The van der Waals surface area contributed by atoms with Gasteiger partial charge in [0.2, 0.25) is 5.91 Å². The van der Waals surface area contributed by atoms with E-state index >= 15 is 0 Å². The Kier molecular flexibility index (Phi) is 4.08. The van der Waals surface area contributed by atoms with Crippen LogP contribution in [0.25, 0.3) is 0 Å². The molecule has 3 heterocycles. The van der Waals surface area contributed by atoms with E-state index in [-0.39, 0.29) is 17.2 Å². The molecule has 1 unspecified atom stereocenters. The first kappa shape index (κ1) is 15.3. The minimum atomic E-state index is -0.364. The minimum absolute atomic E-state index is 0.00871. The van der Waals surface area contributed by atoms with E-state index in [9.17, 15) is 9.59 Å². The number of hydrogen-bond donors (Lipinski definition) is 2. The van der Waals surface area contributed by atoms with Gasteiger partial charge in [0.05, 0.1) is 11.1 Å². The number of nitrogens with zero attached hydrogens (tertiary/aromatic N) is 2. The molecule has 1 spiro atoms.